The number of hydrogen-bond acceptors (Lipinski definition) is 5. The van der Waals surface area contributed by atoms with Crippen LogP contribution in [0.1, 0.15) is 40.1 Å². The Hall–Kier alpha value is -3.47. The molecule has 5 rings (SSSR count). The highest BCUT2D eigenvalue weighted by atomic mass is 32.2. The molecule has 6 nitrogen and oxygen atoms in total. The number of fused-ring (bicyclic) bond motifs is 3. The molecule has 0 unspecified atom stereocenters. The second kappa shape index (κ2) is 8.33. The van der Waals surface area contributed by atoms with Crippen LogP contribution in [0.25, 0.3) is 0 Å². The summed E-state index contributed by atoms with van der Waals surface area (Å²) in [5.41, 5.74) is 0.125. The van der Waals surface area contributed by atoms with Crippen LogP contribution in [-0.2, 0) is 5.75 Å². The Morgan fingerprint density at radius 3 is 2.51 bits per heavy atom. The Kier molecular flexibility index (Phi) is 5.54. The summed E-state index contributed by atoms with van der Waals surface area (Å²) >= 11 is 1.40. The lowest BCUT2D eigenvalue weighted by Gasteiger charge is -2.46. The van der Waals surface area contributed by atoms with Crippen LogP contribution in [0.15, 0.2) is 64.4 Å². The first kappa shape index (κ1) is 23.3. The molecule has 0 aliphatic carbocycles. The zero-order chi connectivity index (χ0) is 25.1. The minimum absolute atomic E-state index is 0.299. The standard InChI is InChI=1S/C24H19F4N3O3S/c1-13(24(26,27)28)29-12-31(30-10-9-18(32)22(33)21(30)23(29)34)20-14-6-4-7-17(25)16(14)11-35-19-8-3-2-5-15(19)20/h2-10,13,20,33H,11-12H2,1H3/t13-,20-/m1/s1. The maximum Gasteiger partial charge on any atom is 0.408 e. The van der Waals surface area contributed by atoms with Crippen LogP contribution in [0.2, 0.25) is 0 Å². The Balaban J connectivity index is 1.79. The minimum atomic E-state index is -4.75. The Morgan fingerprint density at radius 1 is 1.06 bits per heavy atom. The number of alkyl halides is 3. The highest BCUT2D eigenvalue weighted by Crippen LogP contribution is 2.44. The van der Waals surface area contributed by atoms with Gasteiger partial charge in [0.05, 0.1) is 6.04 Å². The van der Waals surface area contributed by atoms with Gasteiger partial charge < -0.3 is 10.0 Å². The van der Waals surface area contributed by atoms with E-state index >= 15 is 0 Å². The normalized spacial score (nSPS) is 18.4. The van der Waals surface area contributed by atoms with E-state index in [1.54, 1.807) is 18.2 Å². The van der Waals surface area contributed by atoms with Gasteiger partial charge in [0.1, 0.15) is 18.5 Å². The molecule has 1 amide bonds. The van der Waals surface area contributed by atoms with Crippen molar-refractivity contribution in [3.05, 3.63) is 93.2 Å². The Labute approximate surface area is 201 Å². The van der Waals surface area contributed by atoms with Crippen LogP contribution in [0.3, 0.4) is 0 Å². The van der Waals surface area contributed by atoms with Gasteiger partial charge in [0.2, 0.25) is 5.43 Å². The van der Waals surface area contributed by atoms with E-state index < -0.39 is 53.5 Å². The summed E-state index contributed by atoms with van der Waals surface area (Å²) in [5.74, 6) is -2.23. The van der Waals surface area contributed by atoms with Crippen LogP contribution in [0.5, 0.6) is 5.75 Å². The number of aromatic nitrogens is 1. The molecule has 0 radical (unpaired) electrons. The second-order valence-corrected chi connectivity index (χ2v) is 9.35. The van der Waals surface area contributed by atoms with E-state index in [2.05, 4.69) is 0 Å². The van der Waals surface area contributed by atoms with Crippen LogP contribution < -0.4 is 10.4 Å². The molecule has 2 aromatic carbocycles. The van der Waals surface area contributed by atoms with E-state index in [0.29, 0.717) is 27.3 Å². The van der Waals surface area contributed by atoms with Gasteiger partial charge in [0, 0.05) is 28.5 Å². The molecule has 0 saturated carbocycles. The summed E-state index contributed by atoms with van der Waals surface area (Å²) in [5, 5.41) is 11.9. The lowest BCUT2D eigenvalue weighted by Crippen LogP contribution is -2.60. The maximum atomic E-state index is 14.9. The van der Waals surface area contributed by atoms with Crippen molar-refractivity contribution in [2.75, 3.05) is 11.7 Å². The average Bonchev–Trinajstić information content (AvgIpc) is 2.98. The van der Waals surface area contributed by atoms with Crippen molar-refractivity contribution in [1.29, 1.82) is 0 Å². The molecule has 0 saturated heterocycles. The molecule has 3 heterocycles. The van der Waals surface area contributed by atoms with Crippen LogP contribution in [0.4, 0.5) is 17.6 Å². The molecule has 0 fully saturated rings. The fraction of sp³-hybridized carbons (Fsp3) is 0.250. The summed E-state index contributed by atoms with van der Waals surface area (Å²) < 4.78 is 57.3. The van der Waals surface area contributed by atoms with Crippen molar-refractivity contribution in [3.63, 3.8) is 0 Å². The van der Waals surface area contributed by atoms with E-state index in [1.807, 2.05) is 12.1 Å². The number of hydrogen-bond donors (Lipinski definition) is 1. The van der Waals surface area contributed by atoms with Gasteiger partial charge in [-0.2, -0.15) is 13.2 Å². The summed E-state index contributed by atoms with van der Waals surface area (Å²) in [7, 11) is 0. The number of pyridine rings is 1. The monoisotopic (exact) mass is 505 g/mol. The van der Waals surface area contributed by atoms with Crippen LogP contribution >= 0.6 is 11.8 Å². The quantitative estimate of drug-likeness (QED) is 0.524. The molecule has 2 aliphatic rings. The van der Waals surface area contributed by atoms with Gasteiger partial charge in [0.25, 0.3) is 5.91 Å². The van der Waals surface area contributed by atoms with E-state index in [4.69, 9.17) is 0 Å². The van der Waals surface area contributed by atoms with E-state index in [1.165, 1.54) is 39.8 Å². The SMILES string of the molecule is C[C@@H](N1CN([C@H]2c3ccccc3SCc3c(F)cccc32)n2ccc(=O)c(O)c2C1=O)C(F)(F)F. The summed E-state index contributed by atoms with van der Waals surface area (Å²) in [6.07, 6.45) is -3.51. The number of carbonyl (C=O) groups excluding carboxylic acids is 1. The number of carbonyl (C=O) groups is 1. The fourth-order valence-electron chi connectivity index (χ4n) is 4.50. The molecule has 35 heavy (non-hydrogen) atoms. The fourth-order valence-corrected chi connectivity index (χ4v) is 5.62. The largest absolute Gasteiger partial charge is 0.502 e. The van der Waals surface area contributed by atoms with Gasteiger partial charge >= 0.3 is 6.18 Å². The van der Waals surface area contributed by atoms with Gasteiger partial charge in [-0.25, -0.2) is 4.39 Å². The van der Waals surface area contributed by atoms with Crippen molar-refractivity contribution >= 4 is 17.7 Å². The number of benzene rings is 2. The van der Waals surface area contributed by atoms with Crippen molar-refractivity contribution in [1.82, 2.24) is 9.58 Å². The number of rotatable bonds is 2. The van der Waals surface area contributed by atoms with Gasteiger partial charge in [0.15, 0.2) is 11.4 Å². The molecule has 182 valence electrons. The van der Waals surface area contributed by atoms with Gasteiger partial charge in [-0.05, 0) is 30.2 Å². The van der Waals surface area contributed by atoms with Gasteiger partial charge in [-0.1, -0.05) is 30.3 Å². The number of thioether (sulfide) groups is 1. The number of amides is 1. The molecule has 2 atom stereocenters. The Morgan fingerprint density at radius 2 is 1.77 bits per heavy atom. The molecule has 1 N–H and O–H groups in total. The lowest BCUT2D eigenvalue weighted by atomic mass is 9.94. The molecule has 0 bridgehead atoms. The number of halogens is 4. The lowest BCUT2D eigenvalue weighted by molar-refractivity contribution is -0.173. The minimum Gasteiger partial charge on any atom is -0.502 e. The molecule has 1 aromatic heterocycles. The predicted molar refractivity (Wildman–Crippen MR) is 121 cm³/mol. The second-order valence-electron chi connectivity index (χ2n) is 8.33. The van der Waals surface area contributed by atoms with Crippen molar-refractivity contribution < 1.29 is 27.5 Å². The van der Waals surface area contributed by atoms with Crippen molar-refractivity contribution in [2.24, 2.45) is 0 Å². The third kappa shape index (κ3) is 3.74. The molecule has 2 aliphatic heterocycles. The molecular formula is C24H19F4N3O3S. The van der Waals surface area contributed by atoms with Crippen molar-refractivity contribution in [3.8, 4) is 5.75 Å². The topological polar surface area (TPSA) is 65.8 Å². The van der Waals surface area contributed by atoms with Gasteiger partial charge in [-0.15, -0.1) is 11.8 Å². The van der Waals surface area contributed by atoms with Crippen LogP contribution in [-0.4, -0.2) is 39.5 Å². The first-order chi connectivity index (χ1) is 16.6. The maximum absolute atomic E-state index is 14.9. The smallest absolute Gasteiger partial charge is 0.408 e. The third-order valence-electron chi connectivity index (χ3n) is 6.37. The summed E-state index contributed by atoms with van der Waals surface area (Å²) in [6, 6.07) is 9.76. The van der Waals surface area contributed by atoms with Gasteiger partial charge in [-0.3, -0.25) is 19.3 Å². The first-order valence-corrected chi connectivity index (χ1v) is 11.7. The predicted octanol–water partition coefficient (Wildman–Crippen LogP) is 4.39. The molecule has 11 heteroatoms. The van der Waals surface area contributed by atoms with E-state index in [9.17, 15) is 32.3 Å². The average molecular weight is 505 g/mol. The zero-order valence-electron chi connectivity index (χ0n) is 18.3. The number of nitrogens with zero attached hydrogens (tertiary/aromatic N) is 3. The van der Waals surface area contributed by atoms with Crippen molar-refractivity contribution in [2.45, 2.75) is 35.8 Å². The molecule has 0 spiro atoms. The highest BCUT2D eigenvalue weighted by molar-refractivity contribution is 7.98. The van der Waals surface area contributed by atoms with E-state index in [-0.39, 0.29) is 0 Å². The van der Waals surface area contributed by atoms with E-state index in [0.717, 1.165) is 17.9 Å². The molecular weight excluding hydrogens is 486 g/mol. The highest BCUT2D eigenvalue weighted by Gasteiger charge is 2.47. The Bertz CT molecular complexity index is 1390. The summed E-state index contributed by atoms with van der Waals surface area (Å²) in [6.45, 7) is 0.322. The molecule has 3 aromatic rings. The first-order valence-electron chi connectivity index (χ1n) is 10.7. The third-order valence-corrected chi connectivity index (χ3v) is 7.48. The summed E-state index contributed by atoms with van der Waals surface area (Å²) in [4.78, 5) is 26.7. The number of aromatic hydroxyl groups is 1. The van der Waals surface area contributed by atoms with Crippen LogP contribution in [0, 0.1) is 5.82 Å². The zero-order valence-corrected chi connectivity index (χ0v) is 19.1.